The predicted octanol–water partition coefficient (Wildman–Crippen LogP) is 2.16. The van der Waals surface area contributed by atoms with Crippen LogP contribution in [0.2, 0.25) is 0 Å². The molecule has 0 spiro atoms. The average molecular weight is 137 g/mol. The van der Waals surface area contributed by atoms with Gasteiger partial charge in [0.1, 0.15) is 0 Å². The van der Waals surface area contributed by atoms with E-state index in [-0.39, 0.29) is 0 Å². The first-order valence-corrected chi connectivity index (χ1v) is 3.02. The first-order chi connectivity index (χ1) is 4.91. The summed E-state index contributed by atoms with van der Waals surface area (Å²) in [5.74, 6) is 0. The van der Waals surface area contributed by atoms with Gasteiger partial charge in [0.2, 0.25) is 0 Å². The Hall–Kier alpha value is -1.31. The van der Waals surface area contributed by atoms with E-state index in [1.807, 2.05) is 18.2 Å². The highest BCUT2D eigenvalue weighted by atomic mass is 16.2. The summed E-state index contributed by atoms with van der Waals surface area (Å²) in [6, 6.07) is 5.72. The molecule has 0 fully saturated rings. The number of nitrogens with zero attached hydrogens (tertiary/aromatic N) is 1. The normalized spacial score (nSPS) is 8.50. The summed E-state index contributed by atoms with van der Waals surface area (Å²) < 4.78 is 0. The summed E-state index contributed by atoms with van der Waals surface area (Å²) in [6.45, 7) is 1.75. The molecule has 0 aliphatic heterocycles. The molecule has 2 nitrogen and oxygen atoms in total. The van der Waals surface area contributed by atoms with Gasteiger partial charge in [-0.25, -0.2) is 0 Å². The zero-order valence-electron chi connectivity index (χ0n) is 5.94. The molecule has 0 radical (unpaired) electrons. The molecule has 1 heterocycles. The summed E-state index contributed by atoms with van der Waals surface area (Å²) >= 11 is 0. The molecule has 1 aromatic heterocycles. The summed E-state index contributed by atoms with van der Waals surface area (Å²) in [7, 11) is 0. The topological polar surface area (TPSA) is 33.1 Å². The van der Waals surface area contributed by atoms with Crippen molar-refractivity contribution < 1.29 is 5.11 Å². The molecule has 0 saturated carbocycles. The van der Waals surface area contributed by atoms with Crippen molar-refractivity contribution in [3.8, 4) is 0 Å². The number of hydrogen-bond acceptors (Lipinski definition) is 2. The van der Waals surface area contributed by atoms with Crippen molar-refractivity contribution >= 4 is 0 Å². The fourth-order valence-corrected chi connectivity index (χ4v) is 0.313. The third kappa shape index (κ3) is 6.69. The molecule has 0 aromatic carbocycles. The van der Waals surface area contributed by atoms with E-state index in [0.717, 1.165) is 6.26 Å². The van der Waals surface area contributed by atoms with Crippen LogP contribution in [0.5, 0.6) is 0 Å². The maximum Gasteiger partial charge on any atom is 0.0748 e. The first-order valence-electron chi connectivity index (χ1n) is 3.02. The van der Waals surface area contributed by atoms with Gasteiger partial charge in [0, 0.05) is 12.4 Å². The molecule has 0 aliphatic carbocycles. The molecule has 0 saturated heterocycles. The summed E-state index contributed by atoms with van der Waals surface area (Å²) in [4.78, 5) is 3.78. The Morgan fingerprint density at radius 2 is 1.70 bits per heavy atom. The van der Waals surface area contributed by atoms with E-state index >= 15 is 0 Å². The fourth-order valence-electron chi connectivity index (χ4n) is 0.313. The summed E-state index contributed by atoms with van der Waals surface area (Å²) in [6.07, 6.45) is 6.06. The molecular weight excluding hydrogens is 126 g/mol. The van der Waals surface area contributed by atoms with Crippen LogP contribution < -0.4 is 0 Å². The van der Waals surface area contributed by atoms with Gasteiger partial charge in [-0.05, 0) is 19.1 Å². The lowest BCUT2D eigenvalue weighted by Gasteiger charge is -1.70. The zero-order valence-corrected chi connectivity index (χ0v) is 5.94. The molecule has 1 rings (SSSR count). The van der Waals surface area contributed by atoms with Crippen molar-refractivity contribution in [2.75, 3.05) is 0 Å². The molecule has 0 atom stereocenters. The van der Waals surface area contributed by atoms with E-state index in [2.05, 4.69) is 4.98 Å². The Bertz CT molecular complexity index is 129. The van der Waals surface area contributed by atoms with Crippen molar-refractivity contribution in [3.05, 3.63) is 42.9 Å². The van der Waals surface area contributed by atoms with E-state index in [9.17, 15) is 0 Å². The Kier molecular flexibility index (Phi) is 6.68. The second kappa shape index (κ2) is 7.69. The maximum atomic E-state index is 7.69. The number of allylic oxidation sites excluding steroid dienone is 1. The molecule has 10 heavy (non-hydrogen) atoms. The molecule has 1 N–H and O–H groups in total. The van der Waals surface area contributed by atoms with Crippen LogP contribution in [-0.2, 0) is 0 Å². The van der Waals surface area contributed by atoms with E-state index < -0.39 is 0 Å². The highest BCUT2D eigenvalue weighted by Gasteiger charge is 1.58. The van der Waals surface area contributed by atoms with Crippen LogP contribution in [-0.4, -0.2) is 10.1 Å². The number of aromatic nitrogens is 1. The van der Waals surface area contributed by atoms with Crippen LogP contribution >= 0.6 is 0 Å². The average Bonchev–Trinajstić information content (AvgIpc) is 2.08. The van der Waals surface area contributed by atoms with Crippen molar-refractivity contribution in [1.29, 1.82) is 0 Å². The number of rotatable bonds is 0. The van der Waals surface area contributed by atoms with Gasteiger partial charge in [0.05, 0.1) is 6.26 Å². The first kappa shape index (κ1) is 8.69. The van der Waals surface area contributed by atoms with Crippen molar-refractivity contribution in [2.45, 2.75) is 6.92 Å². The smallest absolute Gasteiger partial charge is 0.0748 e. The summed E-state index contributed by atoms with van der Waals surface area (Å²) in [5, 5.41) is 7.69. The predicted molar refractivity (Wildman–Crippen MR) is 41.7 cm³/mol. The Morgan fingerprint density at radius 3 is 1.80 bits per heavy atom. The van der Waals surface area contributed by atoms with Gasteiger partial charge in [-0.15, -0.1) is 0 Å². The molecular formula is C8H11NO. The zero-order chi connectivity index (χ0) is 7.66. The highest BCUT2D eigenvalue weighted by Crippen LogP contribution is 1.73. The summed E-state index contributed by atoms with van der Waals surface area (Å²) in [5.41, 5.74) is 0. The van der Waals surface area contributed by atoms with Gasteiger partial charge in [0.25, 0.3) is 0 Å². The van der Waals surface area contributed by atoms with Crippen LogP contribution in [0.3, 0.4) is 0 Å². The van der Waals surface area contributed by atoms with E-state index in [4.69, 9.17) is 5.11 Å². The molecule has 0 amide bonds. The molecule has 2 heteroatoms. The lowest BCUT2D eigenvalue weighted by molar-refractivity contribution is 0.472. The lowest BCUT2D eigenvalue weighted by Crippen LogP contribution is -1.58. The Balaban J connectivity index is 0.000000180. The van der Waals surface area contributed by atoms with Crippen LogP contribution in [0, 0.1) is 0 Å². The van der Waals surface area contributed by atoms with Crippen molar-refractivity contribution in [1.82, 2.24) is 4.98 Å². The fraction of sp³-hybridized carbons (Fsp3) is 0.125. The van der Waals surface area contributed by atoms with Crippen molar-refractivity contribution in [2.24, 2.45) is 0 Å². The van der Waals surface area contributed by atoms with E-state index in [0.29, 0.717) is 0 Å². The molecule has 0 unspecified atom stereocenters. The monoisotopic (exact) mass is 137 g/mol. The lowest BCUT2D eigenvalue weighted by atomic mass is 10.5. The second-order valence-electron chi connectivity index (χ2n) is 1.51. The SMILES string of the molecule is CC=CO.c1ccncc1. The molecule has 1 aromatic rings. The largest absolute Gasteiger partial charge is 0.516 e. The van der Waals surface area contributed by atoms with Crippen molar-refractivity contribution in [3.63, 3.8) is 0 Å². The minimum absolute atomic E-state index is 1.00. The second-order valence-corrected chi connectivity index (χ2v) is 1.51. The van der Waals surface area contributed by atoms with Gasteiger partial charge in [0.15, 0.2) is 0 Å². The Morgan fingerprint density at radius 1 is 1.20 bits per heavy atom. The van der Waals surface area contributed by atoms with Gasteiger partial charge < -0.3 is 5.11 Å². The number of aliphatic hydroxyl groups is 1. The van der Waals surface area contributed by atoms with E-state index in [1.54, 1.807) is 25.4 Å². The molecule has 0 aliphatic rings. The molecule has 0 bridgehead atoms. The highest BCUT2D eigenvalue weighted by molar-refractivity contribution is 4.88. The van der Waals surface area contributed by atoms with E-state index in [1.165, 1.54) is 0 Å². The van der Waals surface area contributed by atoms with Gasteiger partial charge in [-0.2, -0.15) is 0 Å². The van der Waals surface area contributed by atoms with Gasteiger partial charge in [-0.3, -0.25) is 4.98 Å². The minimum atomic E-state index is 1.00. The maximum absolute atomic E-state index is 7.69. The van der Waals surface area contributed by atoms with Crippen LogP contribution in [0.25, 0.3) is 0 Å². The number of aliphatic hydroxyl groups excluding tert-OH is 1. The minimum Gasteiger partial charge on any atom is -0.516 e. The van der Waals surface area contributed by atoms with Crippen LogP contribution in [0.4, 0.5) is 0 Å². The van der Waals surface area contributed by atoms with Crippen LogP contribution in [0.15, 0.2) is 42.9 Å². The standard InChI is InChI=1S/C5H5N.C3H6O/c1-2-4-6-5-3-1;1-2-3-4/h1-5H;2-4H,1H3. The Labute approximate surface area is 60.9 Å². The van der Waals surface area contributed by atoms with Crippen LogP contribution in [0.1, 0.15) is 6.92 Å². The third-order valence-electron chi connectivity index (χ3n) is 0.716. The molecule has 54 valence electrons. The quantitative estimate of drug-likeness (QED) is 0.556. The number of pyridine rings is 1. The number of hydrogen-bond donors (Lipinski definition) is 1. The van der Waals surface area contributed by atoms with Gasteiger partial charge >= 0.3 is 0 Å². The third-order valence-corrected chi connectivity index (χ3v) is 0.716. The van der Waals surface area contributed by atoms with Gasteiger partial charge in [-0.1, -0.05) is 12.1 Å².